The molecule has 0 aliphatic heterocycles. The van der Waals surface area contributed by atoms with Crippen molar-refractivity contribution in [2.45, 2.75) is 30.5 Å². The van der Waals surface area contributed by atoms with E-state index in [1.807, 2.05) is 31.2 Å². The van der Waals surface area contributed by atoms with Crippen LogP contribution in [0.3, 0.4) is 0 Å². The Hall–Kier alpha value is -2.41. The maximum Gasteiger partial charge on any atom is 0.239 e. The van der Waals surface area contributed by atoms with Crippen molar-refractivity contribution in [3.05, 3.63) is 42.4 Å². The van der Waals surface area contributed by atoms with Crippen LogP contribution in [0.5, 0.6) is 0 Å². The van der Waals surface area contributed by atoms with E-state index >= 15 is 0 Å². The van der Waals surface area contributed by atoms with Crippen molar-refractivity contribution in [1.82, 2.24) is 15.1 Å². The molecule has 0 bridgehead atoms. The molecule has 0 aliphatic rings. The molecular weight excluding hydrogens is 312 g/mol. The van der Waals surface area contributed by atoms with Gasteiger partial charge in [-0.2, -0.15) is 0 Å². The number of benzene rings is 1. The van der Waals surface area contributed by atoms with Crippen LogP contribution >= 0.6 is 11.8 Å². The van der Waals surface area contributed by atoms with Gasteiger partial charge >= 0.3 is 0 Å². The van der Waals surface area contributed by atoms with Gasteiger partial charge in [0, 0.05) is 11.5 Å². The maximum absolute atomic E-state index is 12.4. The molecule has 0 saturated carbocycles. The summed E-state index contributed by atoms with van der Waals surface area (Å²) in [4.78, 5) is 21.0. The summed E-state index contributed by atoms with van der Waals surface area (Å²) in [5, 5.41) is 8.04. The number of carbonyl (C=O) groups is 1. The lowest BCUT2D eigenvalue weighted by Gasteiger charge is -2.13. The highest BCUT2D eigenvalue weighted by atomic mass is 32.2. The van der Waals surface area contributed by atoms with Crippen molar-refractivity contribution in [3.63, 3.8) is 0 Å². The number of hydrogen-bond donors (Lipinski definition) is 1. The van der Waals surface area contributed by atoms with Gasteiger partial charge in [0.05, 0.1) is 10.8 Å². The fourth-order valence-corrected chi connectivity index (χ4v) is 3.17. The zero-order chi connectivity index (χ0) is 16.2. The molecular formula is C16H16N4O2S. The van der Waals surface area contributed by atoms with Gasteiger partial charge in [-0.15, -0.1) is 0 Å². The van der Waals surface area contributed by atoms with Gasteiger partial charge in [-0.3, -0.25) is 4.79 Å². The third kappa shape index (κ3) is 3.50. The number of para-hydroxylation sites is 1. The molecule has 0 aliphatic carbocycles. The zero-order valence-electron chi connectivity index (χ0n) is 12.8. The topological polar surface area (TPSA) is 80.9 Å². The second kappa shape index (κ2) is 6.78. The quantitative estimate of drug-likeness (QED) is 0.571. The molecule has 6 nitrogen and oxygen atoms in total. The summed E-state index contributed by atoms with van der Waals surface area (Å²) < 4.78 is 4.96. The molecule has 118 valence electrons. The summed E-state index contributed by atoms with van der Waals surface area (Å²) in [5.41, 5.74) is 0.868. The summed E-state index contributed by atoms with van der Waals surface area (Å²) in [5.74, 6) is 0.968. The minimum absolute atomic E-state index is 0.117. The number of thioether (sulfide) groups is 1. The average molecular weight is 328 g/mol. The summed E-state index contributed by atoms with van der Waals surface area (Å²) in [6.07, 6.45) is 2.20. The smallest absolute Gasteiger partial charge is 0.239 e. The van der Waals surface area contributed by atoms with Crippen LogP contribution in [0.25, 0.3) is 10.9 Å². The molecule has 0 saturated heterocycles. The van der Waals surface area contributed by atoms with E-state index in [2.05, 4.69) is 20.4 Å². The molecule has 3 aromatic rings. The van der Waals surface area contributed by atoms with Crippen LogP contribution in [0, 0.1) is 6.92 Å². The van der Waals surface area contributed by atoms with Crippen molar-refractivity contribution >= 4 is 34.4 Å². The van der Waals surface area contributed by atoms with E-state index in [0.717, 1.165) is 15.9 Å². The first-order valence-electron chi connectivity index (χ1n) is 7.28. The standard InChI is InChI=1S/C16H16N4O2S/c1-3-13(15(21)19-14-8-10(2)22-20-14)23-16-11-6-4-5-7-12(11)17-9-18-16/h4-9,13H,3H2,1-2H3,(H,19,20,21)/t13-/m0/s1. The van der Waals surface area contributed by atoms with E-state index in [9.17, 15) is 4.79 Å². The lowest BCUT2D eigenvalue weighted by Crippen LogP contribution is -2.24. The lowest BCUT2D eigenvalue weighted by molar-refractivity contribution is -0.115. The number of amides is 1. The summed E-state index contributed by atoms with van der Waals surface area (Å²) in [6.45, 7) is 3.75. The van der Waals surface area contributed by atoms with Gasteiger partial charge in [0.1, 0.15) is 17.1 Å². The number of carbonyl (C=O) groups excluding carboxylic acids is 1. The van der Waals surface area contributed by atoms with Gasteiger partial charge in [0.2, 0.25) is 5.91 Å². The van der Waals surface area contributed by atoms with E-state index in [0.29, 0.717) is 18.0 Å². The Morgan fingerprint density at radius 3 is 2.91 bits per heavy atom. The molecule has 1 amide bonds. The van der Waals surface area contributed by atoms with E-state index in [-0.39, 0.29) is 11.2 Å². The first-order valence-corrected chi connectivity index (χ1v) is 8.16. The van der Waals surface area contributed by atoms with Crippen LogP contribution < -0.4 is 5.32 Å². The number of nitrogens with one attached hydrogen (secondary N) is 1. The number of anilines is 1. The predicted molar refractivity (Wildman–Crippen MR) is 89.3 cm³/mol. The number of aromatic nitrogens is 3. The molecule has 1 aromatic carbocycles. The van der Waals surface area contributed by atoms with Gasteiger partial charge in [-0.1, -0.05) is 42.0 Å². The normalized spacial score (nSPS) is 12.3. The highest BCUT2D eigenvalue weighted by Crippen LogP contribution is 2.29. The number of rotatable bonds is 5. The van der Waals surface area contributed by atoms with Gasteiger partial charge in [0.25, 0.3) is 0 Å². The molecule has 7 heteroatoms. The van der Waals surface area contributed by atoms with Crippen molar-refractivity contribution < 1.29 is 9.32 Å². The lowest BCUT2D eigenvalue weighted by atomic mass is 10.2. The predicted octanol–water partition coefficient (Wildman–Crippen LogP) is 3.44. The second-order valence-corrected chi connectivity index (χ2v) is 6.21. The Labute approximate surface area is 137 Å². The number of aryl methyl sites for hydroxylation is 1. The minimum atomic E-state index is -0.273. The van der Waals surface area contributed by atoms with Crippen LogP contribution in [-0.2, 0) is 4.79 Å². The monoisotopic (exact) mass is 328 g/mol. The second-order valence-electron chi connectivity index (χ2n) is 5.02. The van der Waals surface area contributed by atoms with Crippen molar-refractivity contribution in [1.29, 1.82) is 0 Å². The van der Waals surface area contributed by atoms with E-state index in [1.165, 1.54) is 18.1 Å². The largest absolute Gasteiger partial charge is 0.360 e. The Morgan fingerprint density at radius 1 is 1.35 bits per heavy atom. The minimum Gasteiger partial charge on any atom is -0.360 e. The van der Waals surface area contributed by atoms with E-state index < -0.39 is 0 Å². The Morgan fingerprint density at radius 2 is 2.17 bits per heavy atom. The fraction of sp³-hybridized carbons (Fsp3) is 0.250. The summed E-state index contributed by atoms with van der Waals surface area (Å²) in [7, 11) is 0. The summed E-state index contributed by atoms with van der Waals surface area (Å²) in [6, 6.07) is 9.45. The van der Waals surface area contributed by atoms with Gasteiger partial charge in [-0.05, 0) is 19.4 Å². The van der Waals surface area contributed by atoms with E-state index in [4.69, 9.17) is 4.52 Å². The Kier molecular flexibility index (Phi) is 4.57. The molecule has 1 N–H and O–H groups in total. The van der Waals surface area contributed by atoms with Gasteiger partial charge < -0.3 is 9.84 Å². The third-order valence-electron chi connectivity index (χ3n) is 3.30. The van der Waals surface area contributed by atoms with Crippen LogP contribution in [0.4, 0.5) is 5.82 Å². The highest BCUT2D eigenvalue weighted by Gasteiger charge is 2.21. The third-order valence-corrected chi connectivity index (χ3v) is 4.68. The molecule has 0 spiro atoms. The summed E-state index contributed by atoms with van der Waals surface area (Å²) >= 11 is 1.43. The molecule has 0 radical (unpaired) electrons. The molecule has 2 aromatic heterocycles. The highest BCUT2D eigenvalue weighted by molar-refractivity contribution is 8.00. The van der Waals surface area contributed by atoms with Crippen molar-refractivity contribution in [2.24, 2.45) is 0 Å². The van der Waals surface area contributed by atoms with Crippen LogP contribution in [0.1, 0.15) is 19.1 Å². The number of nitrogens with zero attached hydrogens (tertiary/aromatic N) is 3. The zero-order valence-corrected chi connectivity index (χ0v) is 13.6. The molecule has 0 unspecified atom stereocenters. The molecule has 3 rings (SSSR count). The molecule has 0 fully saturated rings. The Balaban J connectivity index is 1.79. The molecule has 2 heterocycles. The van der Waals surface area contributed by atoms with Crippen LogP contribution in [0.15, 0.2) is 46.2 Å². The van der Waals surface area contributed by atoms with Crippen LogP contribution in [0.2, 0.25) is 0 Å². The number of fused-ring (bicyclic) bond motifs is 1. The number of hydrogen-bond acceptors (Lipinski definition) is 6. The maximum atomic E-state index is 12.4. The Bertz CT molecular complexity index is 828. The fourth-order valence-electron chi connectivity index (χ4n) is 2.16. The molecule has 1 atom stereocenters. The van der Waals surface area contributed by atoms with E-state index in [1.54, 1.807) is 13.0 Å². The first kappa shape index (κ1) is 15.5. The average Bonchev–Trinajstić information content (AvgIpc) is 2.97. The van der Waals surface area contributed by atoms with Gasteiger partial charge in [-0.25, -0.2) is 9.97 Å². The first-order chi connectivity index (χ1) is 11.2. The van der Waals surface area contributed by atoms with Crippen molar-refractivity contribution in [3.8, 4) is 0 Å². The molecule has 23 heavy (non-hydrogen) atoms. The van der Waals surface area contributed by atoms with Crippen molar-refractivity contribution in [2.75, 3.05) is 5.32 Å². The SMILES string of the molecule is CC[C@H](Sc1ncnc2ccccc12)C(=O)Nc1cc(C)on1. The van der Waals surface area contributed by atoms with Crippen LogP contribution in [-0.4, -0.2) is 26.3 Å². The van der Waals surface area contributed by atoms with Gasteiger partial charge in [0.15, 0.2) is 5.82 Å².